The fourth-order valence-electron chi connectivity index (χ4n) is 3.59. The van der Waals surface area contributed by atoms with Crippen molar-refractivity contribution in [3.05, 3.63) is 53.6 Å². The SMILES string of the molecule is COc1ccc(CCNC(=O)N2CCN(C(=O)c3ccccc3OC(F)F)CC2)cc1OC. The van der Waals surface area contributed by atoms with Gasteiger partial charge in [0.1, 0.15) is 5.75 Å². The number of ether oxygens (including phenoxy) is 3. The highest BCUT2D eigenvalue weighted by Gasteiger charge is 2.26. The van der Waals surface area contributed by atoms with Crippen LogP contribution in [0.3, 0.4) is 0 Å². The Labute approximate surface area is 191 Å². The maximum absolute atomic E-state index is 12.8. The summed E-state index contributed by atoms with van der Waals surface area (Å²) in [4.78, 5) is 28.4. The highest BCUT2D eigenvalue weighted by atomic mass is 19.3. The molecule has 10 heteroatoms. The molecule has 1 aliphatic rings. The summed E-state index contributed by atoms with van der Waals surface area (Å²) in [6.45, 7) is -1.31. The Bertz CT molecular complexity index is 965. The maximum Gasteiger partial charge on any atom is 0.387 e. The van der Waals surface area contributed by atoms with E-state index in [9.17, 15) is 18.4 Å². The molecular weight excluding hydrogens is 436 g/mol. The Morgan fingerprint density at radius 2 is 1.61 bits per heavy atom. The fourth-order valence-corrected chi connectivity index (χ4v) is 3.59. The molecule has 1 N–H and O–H groups in total. The van der Waals surface area contributed by atoms with Gasteiger partial charge in [0.2, 0.25) is 0 Å². The summed E-state index contributed by atoms with van der Waals surface area (Å²) in [7, 11) is 3.14. The standard InChI is InChI=1S/C23H27F2N3O5/c1-31-19-8-7-16(15-20(19)32-2)9-10-26-23(30)28-13-11-27(12-14-28)21(29)17-5-3-4-6-18(17)33-22(24)25/h3-8,15,22H,9-14H2,1-2H3,(H,26,30). The van der Waals surface area contributed by atoms with Crippen LogP contribution in [0, 0.1) is 0 Å². The summed E-state index contributed by atoms with van der Waals surface area (Å²) in [5.74, 6) is 0.705. The highest BCUT2D eigenvalue weighted by molar-refractivity contribution is 5.97. The van der Waals surface area contributed by atoms with Gasteiger partial charge in [-0.25, -0.2) is 4.79 Å². The Hall–Kier alpha value is -3.56. The molecule has 2 aromatic carbocycles. The molecule has 0 radical (unpaired) electrons. The normalized spacial score (nSPS) is 13.6. The smallest absolute Gasteiger partial charge is 0.387 e. The van der Waals surface area contributed by atoms with Gasteiger partial charge in [0.25, 0.3) is 5.91 Å². The van der Waals surface area contributed by atoms with E-state index in [1.165, 1.54) is 23.1 Å². The van der Waals surface area contributed by atoms with E-state index in [1.807, 2.05) is 18.2 Å². The van der Waals surface area contributed by atoms with Gasteiger partial charge in [-0.05, 0) is 36.2 Å². The molecule has 1 saturated heterocycles. The lowest BCUT2D eigenvalue weighted by molar-refractivity contribution is -0.0503. The number of methoxy groups -OCH3 is 2. The third kappa shape index (κ3) is 6.24. The van der Waals surface area contributed by atoms with Crippen LogP contribution in [0.2, 0.25) is 0 Å². The predicted octanol–water partition coefficient (Wildman–Crippen LogP) is 3.02. The van der Waals surface area contributed by atoms with Crippen LogP contribution in [0.15, 0.2) is 42.5 Å². The number of nitrogens with zero attached hydrogens (tertiary/aromatic N) is 2. The van der Waals surface area contributed by atoms with Crippen molar-refractivity contribution in [2.24, 2.45) is 0 Å². The molecule has 178 valence electrons. The van der Waals surface area contributed by atoms with Gasteiger partial charge < -0.3 is 29.3 Å². The first-order chi connectivity index (χ1) is 15.9. The van der Waals surface area contributed by atoms with Crippen LogP contribution in [0.1, 0.15) is 15.9 Å². The van der Waals surface area contributed by atoms with E-state index in [2.05, 4.69) is 10.1 Å². The molecule has 0 aromatic heterocycles. The van der Waals surface area contributed by atoms with Crippen LogP contribution in [0.5, 0.6) is 17.2 Å². The third-order valence-corrected chi connectivity index (χ3v) is 5.33. The number of rotatable bonds is 8. The molecule has 2 aromatic rings. The number of urea groups is 1. The first kappa shape index (κ1) is 24.1. The number of hydrogen-bond donors (Lipinski definition) is 1. The Kier molecular flexibility index (Phi) is 8.28. The van der Waals surface area contributed by atoms with E-state index in [1.54, 1.807) is 25.2 Å². The first-order valence-electron chi connectivity index (χ1n) is 10.5. The number of para-hydroxylation sites is 1. The number of piperazine rings is 1. The van der Waals surface area contributed by atoms with Crippen molar-refractivity contribution in [2.75, 3.05) is 46.9 Å². The monoisotopic (exact) mass is 463 g/mol. The van der Waals surface area contributed by atoms with Crippen molar-refractivity contribution in [3.63, 3.8) is 0 Å². The first-order valence-corrected chi connectivity index (χ1v) is 10.5. The van der Waals surface area contributed by atoms with E-state index in [4.69, 9.17) is 9.47 Å². The Morgan fingerprint density at radius 1 is 0.939 bits per heavy atom. The quantitative estimate of drug-likeness (QED) is 0.651. The summed E-state index contributed by atoms with van der Waals surface area (Å²) in [5.41, 5.74) is 1.07. The van der Waals surface area contributed by atoms with Gasteiger partial charge in [-0.2, -0.15) is 8.78 Å². The number of amides is 3. The summed E-state index contributed by atoms with van der Waals surface area (Å²) >= 11 is 0. The van der Waals surface area contributed by atoms with Gasteiger partial charge in [-0.3, -0.25) is 4.79 Å². The zero-order valence-corrected chi connectivity index (χ0v) is 18.6. The van der Waals surface area contributed by atoms with Gasteiger partial charge in [-0.15, -0.1) is 0 Å². The third-order valence-electron chi connectivity index (χ3n) is 5.33. The summed E-state index contributed by atoms with van der Waals surface area (Å²) < 4.78 is 40.2. The second-order valence-electron chi connectivity index (χ2n) is 7.33. The lowest BCUT2D eigenvalue weighted by Crippen LogP contribution is -2.53. The molecule has 0 spiro atoms. The van der Waals surface area contributed by atoms with E-state index in [0.29, 0.717) is 50.6 Å². The van der Waals surface area contributed by atoms with Crippen molar-refractivity contribution < 1.29 is 32.6 Å². The molecule has 1 heterocycles. The second kappa shape index (κ2) is 11.3. The number of hydrogen-bond acceptors (Lipinski definition) is 5. The maximum atomic E-state index is 12.8. The van der Waals surface area contributed by atoms with Crippen molar-refractivity contribution in [1.29, 1.82) is 0 Å². The van der Waals surface area contributed by atoms with Crippen molar-refractivity contribution in [1.82, 2.24) is 15.1 Å². The van der Waals surface area contributed by atoms with Crippen molar-refractivity contribution >= 4 is 11.9 Å². The minimum Gasteiger partial charge on any atom is -0.493 e. The van der Waals surface area contributed by atoms with Gasteiger partial charge >= 0.3 is 12.6 Å². The average molecular weight is 463 g/mol. The fraction of sp³-hybridized carbons (Fsp3) is 0.391. The average Bonchev–Trinajstić information content (AvgIpc) is 2.83. The zero-order chi connectivity index (χ0) is 23.8. The van der Waals surface area contributed by atoms with E-state index in [0.717, 1.165) is 5.56 Å². The molecule has 3 rings (SSSR count). The Balaban J connectivity index is 1.48. The minimum atomic E-state index is -3.02. The number of alkyl halides is 2. The summed E-state index contributed by atoms with van der Waals surface area (Å²) in [6.07, 6.45) is 0.617. The lowest BCUT2D eigenvalue weighted by Gasteiger charge is -2.35. The highest BCUT2D eigenvalue weighted by Crippen LogP contribution is 2.27. The number of nitrogens with one attached hydrogen (secondary N) is 1. The molecule has 0 saturated carbocycles. The largest absolute Gasteiger partial charge is 0.493 e. The Morgan fingerprint density at radius 3 is 2.27 bits per heavy atom. The van der Waals surface area contributed by atoms with Crippen LogP contribution in [-0.4, -0.2) is 75.3 Å². The lowest BCUT2D eigenvalue weighted by atomic mass is 10.1. The van der Waals surface area contributed by atoms with Crippen LogP contribution in [0.4, 0.5) is 13.6 Å². The molecule has 0 aliphatic carbocycles. The van der Waals surface area contributed by atoms with E-state index >= 15 is 0 Å². The van der Waals surface area contributed by atoms with Crippen molar-refractivity contribution in [3.8, 4) is 17.2 Å². The van der Waals surface area contributed by atoms with Crippen LogP contribution in [0.25, 0.3) is 0 Å². The molecule has 0 atom stereocenters. The van der Waals surface area contributed by atoms with Gasteiger partial charge in [0, 0.05) is 32.7 Å². The number of benzene rings is 2. The number of carbonyl (C=O) groups excluding carboxylic acids is 2. The molecule has 3 amide bonds. The van der Waals surface area contributed by atoms with Crippen molar-refractivity contribution in [2.45, 2.75) is 13.0 Å². The van der Waals surface area contributed by atoms with Crippen LogP contribution < -0.4 is 19.5 Å². The molecule has 0 bridgehead atoms. The summed E-state index contributed by atoms with van der Waals surface area (Å²) in [5, 5.41) is 2.88. The van der Waals surface area contributed by atoms with Crippen LogP contribution >= 0.6 is 0 Å². The van der Waals surface area contributed by atoms with E-state index < -0.39 is 12.5 Å². The summed E-state index contributed by atoms with van der Waals surface area (Å²) in [6, 6.07) is 11.3. The molecule has 1 fully saturated rings. The van der Waals surface area contributed by atoms with Gasteiger partial charge in [-0.1, -0.05) is 18.2 Å². The van der Waals surface area contributed by atoms with Gasteiger partial charge in [0.05, 0.1) is 19.8 Å². The molecule has 1 aliphatic heterocycles. The molecule has 33 heavy (non-hydrogen) atoms. The zero-order valence-electron chi connectivity index (χ0n) is 18.6. The number of carbonyl (C=O) groups is 2. The van der Waals surface area contributed by atoms with Crippen LogP contribution in [-0.2, 0) is 6.42 Å². The number of halogens is 2. The molecular formula is C23H27F2N3O5. The van der Waals surface area contributed by atoms with E-state index in [-0.39, 0.29) is 17.3 Å². The van der Waals surface area contributed by atoms with Gasteiger partial charge in [0.15, 0.2) is 11.5 Å². The molecule has 8 nitrogen and oxygen atoms in total. The topological polar surface area (TPSA) is 80.3 Å². The second-order valence-corrected chi connectivity index (χ2v) is 7.33. The minimum absolute atomic E-state index is 0.0746. The predicted molar refractivity (Wildman–Crippen MR) is 117 cm³/mol. The molecule has 0 unspecified atom stereocenters.